The van der Waals surface area contributed by atoms with Gasteiger partial charge in [-0.05, 0) is 71.7 Å². The zero-order valence-corrected chi connectivity index (χ0v) is 19.4. The molecule has 180 valence electrons. The lowest BCUT2D eigenvalue weighted by atomic mass is 9.89. The summed E-state index contributed by atoms with van der Waals surface area (Å²) in [5, 5.41) is 13.5. The van der Waals surface area contributed by atoms with Crippen molar-refractivity contribution in [3.63, 3.8) is 0 Å². The van der Waals surface area contributed by atoms with Crippen molar-refractivity contribution in [3.05, 3.63) is 71.9 Å². The van der Waals surface area contributed by atoms with Gasteiger partial charge >= 0.3 is 6.18 Å². The van der Waals surface area contributed by atoms with Gasteiger partial charge in [-0.1, -0.05) is 56.5 Å². The van der Waals surface area contributed by atoms with Gasteiger partial charge in [-0.15, -0.1) is 0 Å². The molecule has 1 unspecified atom stereocenters. The SMILES string of the molecule is CCC(O)c1cccc(-c2ccc(-c3ccc(NCC4CCCCC4)nc3)c(C(F)(F)F)c2)c1. The van der Waals surface area contributed by atoms with Crippen LogP contribution in [0.1, 0.15) is 62.7 Å². The predicted molar refractivity (Wildman–Crippen MR) is 130 cm³/mol. The Kier molecular flexibility index (Phi) is 7.57. The van der Waals surface area contributed by atoms with E-state index in [4.69, 9.17) is 0 Å². The molecule has 0 saturated heterocycles. The Labute approximate surface area is 199 Å². The second-order valence-corrected chi connectivity index (χ2v) is 9.12. The molecule has 4 rings (SSSR count). The minimum Gasteiger partial charge on any atom is -0.388 e. The fourth-order valence-corrected chi connectivity index (χ4v) is 4.67. The summed E-state index contributed by atoms with van der Waals surface area (Å²) in [6.45, 7) is 2.71. The van der Waals surface area contributed by atoms with Gasteiger partial charge < -0.3 is 10.4 Å². The van der Waals surface area contributed by atoms with Crippen LogP contribution in [0.5, 0.6) is 0 Å². The van der Waals surface area contributed by atoms with Gasteiger partial charge in [-0.25, -0.2) is 4.98 Å². The van der Waals surface area contributed by atoms with Crippen LogP contribution in [-0.2, 0) is 6.18 Å². The zero-order valence-electron chi connectivity index (χ0n) is 19.4. The molecule has 0 aliphatic heterocycles. The largest absolute Gasteiger partial charge is 0.417 e. The summed E-state index contributed by atoms with van der Waals surface area (Å²) in [6.07, 6.45) is 3.15. The lowest BCUT2D eigenvalue weighted by Crippen LogP contribution is -2.17. The summed E-state index contributed by atoms with van der Waals surface area (Å²) in [7, 11) is 0. The molecule has 1 aromatic heterocycles. The van der Waals surface area contributed by atoms with Crippen molar-refractivity contribution in [2.24, 2.45) is 5.92 Å². The van der Waals surface area contributed by atoms with Crippen molar-refractivity contribution in [2.45, 2.75) is 57.7 Å². The number of aliphatic hydroxyl groups excluding tert-OH is 1. The van der Waals surface area contributed by atoms with Crippen LogP contribution in [0.15, 0.2) is 60.8 Å². The Bertz CT molecular complexity index is 1090. The monoisotopic (exact) mass is 468 g/mol. The average molecular weight is 469 g/mol. The number of pyridine rings is 1. The number of benzene rings is 2. The number of rotatable bonds is 7. The van der Waals surface area contributed by atoms with Crippen molar-refractivity contribution >= 4 is 5.82 Å². The second kappa shape index (κ2) is 10.6. The third kappa shape index (κ3) is 5.79. The van der Waals surface area contributed by atoms with E-state index in [1.807, 2.05) is 6.92 Å². The highest BCUT2D eigenvalue weighted by Gasteiger charge is 2.34. The molecule has 0 spiro atoms. The molecule has 1 saturated carbocycles. The third-order valence-corrected chi connectivity index (χ3v) is 6.69. The molecule has 34 heavy (non-hydrogen) atoms. The fourth-order valence-electron chi connectivity index (χ4n) is 4.67. The lowest BCUT2D eigenvalue weighted by Gasteiger charge is -2.22. The number of hydrogen-bond donors (Lipinski definition) is 2. The molecule has 1 aliphatic rings. The zero-order chi connectivity index (χ0) is 24.1. The maximum Gasteiger partial charge on any atom is 0.417 e. The standard InChI is InChI=1S/C28H31F3N2O/c1-2-26(34)22-10-6-9-20(15-22)21-11-13-24(25(16-21)28(29,30)31)23-12-14-27(33-18-23)32-17-19-7-4-3-5-8-19/h6,9-16,18-19,26,34H,2-5,7-8,17H2,1H3,(H,32,33). The van der Waals surface area contributed by atoms with Crippen LogP contribution in [0.4, 0.5) is 19.0 Å². The number of hydrogen-bond acceptors (Lipinski definition) is 3. The Morgan fingerprint density at radius 2 is 1.71 bits per heavy atom. The maximum absolute atomic E-state index is 14.0. The average Bonchev–Trinajstić information content (AvgIpc) is 2.87. The predicted octanol–water partition coefficient (Wildman–Crippen LogP) is 7.87. The van der Waals surface area contributed by atoms with E-state index in [1.54, 1.807) is 42.5 Å². The van der Waals surface area contributed by atoms with E-state index in [-0.39, 0.29) is 5.56 Å². The first kappa shape index (κ1) is 24.3. The van der Waals surface area contributed by atoms with E-state index in [1.165, 1.54) is 50.4 Å². The molecule has 2 aromatic carbocycles. The molecule has 6 heteroatoms. The number of alkyl halides is 3. The minimum atomic E-state index is -4.51. The van der Waals surface area contributed by atoms with Crippen LogP contribution in [0.2, 0.25) is 0 Å². The Balaban J connectivity index is 1.58. The first-order valence-electron chi connectivity index (χ1n) is 12.0. The van der Waals surface area contributed by atoms with Crippen molar-refractivity contribution in [1.82, 2.24) is 4.98 Å². The van der Waals surface area contributed by atoms with E-state index < -0.39 is 17.8 Å². The van der Waals surface area contributed by atoms with Gasteiger partial charge in [0.25, 0.3) is 0 Å². The summed E-state index contributed by atoms with van der Waals surface area (Å²) in [5.74, 6) is 1.32. The summed E-state index contributed by atoms with van der Waals surface area (Å²) in [4.78, 5) is 4.38. The normalized spacial score (nSPS) is 15.8. The van der Waals surface area contributed by atoms with Crippen LogP contribution in [0.25, 0.3) is 22.3 Å². The molecule has 3 nitrogen and oxygen atoms in total. The molecule has 1 atom stereocenters. The van der Waals surface area contributed by atoms with Gasteiger partial charge in [0.2, 0.25) is 0 Å². The van der Waals surface area contributed by atoms with Crippen LogP contribution in [0, 0.1) is 5.92 Å². The van der Waals surface area contributed by atoms with Crippen LogP contribution in [0.3, 0.4) is 0 Å². The van der Waals surface area contributed by atoms with Gasteiger partial charge in [0, 0.05) is 18.3 Å². The minimum absolute atomic E-state index is 0.104. The first-order valence-corrected chi connectivity index (χ1v) is 12.0. The van der Waals surface area contributed by atoms with Crippen molar-refractivity contribution < 1.29 is 18.3 Å². The first-order chi connectivity index (χ1) is 16.3. The quantitative estimate of drug-likeness (QED) is 0.371. The molecule has 3 aromatic rings. The van der Waals surface area contributed by atoms with E-state index in [9.17, 15) is 18.3 Å². The van der Waals surface area contributed by atoms with Gasteiger partial charge in [-0.3, -0.25) is 0 Å². The van der Waals surface area contributed by atoms with Crippen molar-refractivity contribution in [2.75, 3.05) is 11.9 Å². The lowest BCUT2D eigenvalue weighted by molar-refractivity contribution is -0.137. The molecule has 1 fully saturated rings. The highest BCUT2D eigenvalue weighted by molar-refractivity contribution is 5.74. The fraction of sp³-hybridized carbons (Fsp3) is 0.393. The number of anilines is 1. The Morgan fingerprint density at radius 3 is 2.38 bits per heavy atom. The topological polar surface area (TPSA) is 45.1 Å². The number of nitrogens with zero attached hydrogens (tertiary/aromatic N) is 1. The summed E-state index contributed by atoms with van der Waals surface area (Å²) < 4.78 is 42.1. The molecule has 0 bridgehead atoms. The highest BCUT2D eigenvalue weighted by Crippen LogP contribution is 2.40. The molecule has 0 amide bonds. The highest BCUT2D eigenvalue weighted by atomic mass is 19.4. The van der Waals surface area contributed by atoms with Gasteiger partial charge in [0.05, 0.1) is 11.7 Å². The Morgan fingerprint density at radius 1 is 0.971 bits per heavy atom. The Hall–Kier alpha value is -2.86. The van der Waals surface area contributed by atoms with E-state index in [0.29, 0.717) is 40.4 Å². The van der Waals surface area contributed by atoms with Gasteiger partial charge in [-0.2, -0.15) is 13.2 Å². The third-order valence-electron chi connectivity index (χ3n) is 6.69. The molecule has 1 heterocycles. The molecule has 1 aliphatic carbocycles. The number of halogens is 3. The van der Waals surface area contributed by atoms with Crippen molar-refractivity contribution in [1.29, 1.82) is 0 Å². The maximum atomic E-state index is 14.0. The van der Waals surface area contributed by atoms with Gasteiger partial charge in [0.1, 0.15) is 5.82 Å². The molecule has 0 radical (unpaired) electrons. The summed E-state index contributed by atoms with van der Waals surface area (Å²) >= 11 is 0. The van der Waals surface area contributed by atoms with E-state index in [2.05, 4.69) is 10.3 Å². The second-order valence-electron chi connectivity index (χ2n) is 9.12. The van der Waals surface area contributed by atoms with Gasteiger partial charge in [0.15, 0.2) is 0 Å². The van der Waals surface area contributed by atoms with E-state index >= 15 is 0 Å². The molecular formula is C28H31F3N2O. The van der Waals surface area contributed by atoms with Crippen LogP contribution in [-0.4, -0.2) is 16.6 Å². The van der Waals surface area contributed by atoms with Crippen LogP contribution >= 0.6 is 0 Å². The number of nitrogens with one attached hydrogen (secondary N) is 1. The van der Waals surface area contributed by atoms with Crippen LogP contribution < -0.4 is 5.32 Å². The number of aliphatic hydroxyl groups is 1. The van der Waals surface area contributed by atoms with Crippen molar-refractivity contribution in [3.8, 4) is 22.3 Å². The molecular weight excluding hydrogens is 437 g/mol. The summed E-state index contributed by atoms with van der Waals surface area (Å²) in [5.41, 5.74) is 1.63. The van der Waals surface area contributed by atoms with E-state index in [0.717, 1.165) is 6.54 Å². The molecule has 2 N–H and O–H groups in total. The summed E-state index contributed by atoms with van der Waals surface area (Å²) in [6, 6.07) is 14.9. The number of aromatic nitrogens is 1. The smallest absolute Gasteiger partial charge is 0.388 e.